The second-order valence-corrected chi connectivity index (χ2v) is 5.01. The maximum absolute atomic E-state index is 13.1. The van der Waals surface area contributed by atoms with E-state index in [2.05, 4.69) is 31.2 Å². The minimum Gasteiger partial charge on any atom is -0.379 e. The Morgan fingerprint density at radius 1 is 1.10 bits per heavy atom. The molecule has 2 heterocycles. The predicted molar refractivity (Wildman–Crippen MR) is 74.4 cm³/mol. The molecule has 0 fully saturated rings. The third kappa shape index (κ3) is 2.62. The zero-order chi connectivity index (χ0) is 14.1. The van der Waals surface area contributed by atoms with Crippen molar-refractivity contribution in [3.63, 3.8) is 0 Å². The molecule has 0 aliphatic rings. The largest absolute Gasteiger partial charge is 0.379 e. The molecule has 2 aromatic heterocycles. The molecule has 0 amide bonds. The minimum atomic E-state index is -0.613. The van der Waals surface area contributed by atoms with Crippen LogP contribution in [0, 0.1) is 11.6 Å². The van der Waals surface area contributed by atoms with E-state index < -0.39 is 11.6 Å². The molecule has 7 heteroatoms. The molecule has 1 aromatic carbocycles. The summed E-state index contributed by atoms with van der Waals surface area (Å²) in [6, 6.07) is 3.32. The summed E-state index contributed by atoms with van der Waals surface area (Å²) >= 11 is 3.29. The quantitative estimate of drug-likeness (QED) is 0.796. The van der Waals surface area contributed by atoms with E-state index in [1.54, 1.807) is 18.6 Å². The highest BCUT2D eigenvalue weighted by Crippen LogP contribution is 2.15. The Morgan fingerprint density at radius 2 is 1.85 bits per heavy atom. The van der Waals surface area contributed by atoms with Gasteiger partial charge in [0.2, 0.25) is 0 Å². The molecular weight excluding hydrogens is 330 g/mol. The maximum Gasteiger partial charge on any atom is 0.155 e. The Bertz CT molecular complexity index is 752. The van der Waals surface area contributed by atoms with Crippen LogP contribution in [-0.2, 0) is 6.54 Å². The van der Waals surface area contributed by atoms with E-state index in [-0.39, 0.29) is 0 Å². The zero-order valence-electron chi connectivity index (χ0n) is 10.1. The van der Waals surface area contributed by atoms with Crippen LogP contribution >= 0.6 is 15.9 Å². The lowest BCUT2D eigenvalue weighted by Crippen LogP contribution is -2.03. The Morgan fingerprint density at radius 3 is 2.60 bits per heavy atom. The van der Waals surface area contributed by atoms with Crippen LogP contribution in [0.15, 0.2) is 41.4 Å². The molecule has 0 saturated carbocycles. The molecule has 0 aliphatic carbocycles. The summed E-state index contributed by atoms with van der Waals surface area (Å²) in [6.45, 7) is 0.389. The molecule has 0 unspecified atom stereocenters. The lowest BCUT2D eigenvalue weighted by atomic mass is 10.3. The van der Waals surface area contributed by atoms with Gasteiger partial charge in [-0.1, -0.05) is 0 Å². The number of imidazole rings is 1. The van der Waals surface area contributed by atoms with Crippen LogP contribution in [0.1, 0.15) is 5.69 Å². The standard InChI is InChI=1S/C13H9BrF2N4/c14-12-7-20-11(5-19-13(20)6-18-12)4-17-10-2-8(15)1-9(16)3-10/h1-3,5-7,17H,4H2. The van der Waals surface area contributed by atoms with Crippen LogP contribution < -0.4 is 5.32 Å². The molecule has 0 saturated heterocycles. The van der Waals surface area contributed by atoms with Gasteiger partial charge >= 0.3 is 0 Å². The van der Waals surface area contributed by atoms with Crippen molar-refractivity contribution in [1.29, 1.82) is 0 Å². The van der Waals surface area contributed by atoms with Crippen molar-refractivity contribution in [2.75, 3.05) is 5.32 Å². The third-order valence-electron chi connectivity index (χ3n) is 2.78. The smallest absolute Gasteiger partial charge is 0.155 e. The normalized spacial score (nSPS) is 10.9. The number of fused-ring (bicyclic) bond motifs is 1. The molecule has 4 nitrogen and oxygen atoms in total. The average Bonchev–Trinajstić information content (AvgIpc) is 2.77. The van der Waals surface area contributed by atoms with E-state index in [9.17, 15) is 8.78 Å². The Labute approximate surface area is 121 Å². The Balaban J connectivity index is 1.84. The highest BCUT2D eigenvalue weighted by atomic mass is 79.9. The first-order chi connectivity index (χ1) is 9.61. The van der Waals surface area contributed by atoms with Gasteiger partial charge in [-0.15, -0.1) is 0 Å². The van der Waals surface area contributed by atoms with Gasteiger partial charge in [0.1, 0.15) is 16.2 Å². The van der Waals surface area contributed by atoms with Crippen LogP contribution in [0.4, 0.5) is 14.5 Å². The van der Waals surface area contributed by atoms with Crippen LogP contribution in [-0.4, -0.2) is 14.4 Å². The van der Waals surface area contributed by atoms with Crippen molar-refractivity contribution >= 4 is 27.3 Å². The van der Waals surface area contributed by atoms with Crippen LogP contribution in [0.5, 0.6) is 0 Å². The first-order valence-electron chi connectivity index (χ1n) is 5.79. The number of halogens is 3. The van der Waals surface area contributed by atoms with E-state index in [4.69, 9.17) is 0 Å². The fourth-order valence-electron chi connectivity index (χ4n) is 1.90. The molecule has 3 rings (SSSR count). The SMILES string of the molecule is Fc1cc(F)cc(NCc2cnc3cnc(Br)cn23)c1. The van der Waals surface area contributed by atoms with Crippen molar-refractivity contribution in [3.8, 4) is 0 Å². The molecule has 0 spiro atoms. The molecular formula is C13H9BrF2N4. The minimum absolute atomic E-state index is 0.380. The number of anilines is 1. The molecule has 0 aliphatic heterocycles. The molecule has 102 valence electrons. The van der Waals surface area contributed by atoms with Gasteiger partial charge in [-0.25, -0.2) is 18.7 Å². The number of hydrogen-bond acceptors (Lipinski definition) is 3. The summed E-state index contributed by atoms with van der Waals surface area (Å²) in [6.07, 6.45) is 5.10. The number of nitrogens with one attached hydrogen (secondary N) is 1. The van der Waals surface area contributed by atoms with Gasteiger partial charge in [0.05, 0.1) is 24.6 Å². The second-order valence-electron chi connectivity index (χ2n) is 4.20. The summed E-state index contributed by atoms with van der Waals surface area (Å²) in [4.78, 5) is 8.27. The fourth-order valence-corrected chi connectivity index (χ4v) is 2.20. The van der Waals surface area contributed by atoms with Gasteiger partial charge in [0.15, 0.2) is 5.65 Å². The topological polar surface area (TPSA) is 42.2 Å². The van der Waals surface area contributed by atoms with Gasteiger partial charge in [-0.3, -0.25) is 4.40 Å². The monoisotopic (exact) mass is 338 g/mol. The van der Waals surface area contributed by atoms with E-state index in [0.29, 0.717) is 22.5 Å². The molecule has 0 bridgehead atoms. The van der Waals surface area contributed by atoms with Crippen LogP contribution in [0.25, 0.3) is 5.65 Å². The number of rotatable bonds is 3. The summed E-state index contributed by atoms with van der Waals surface area (Å²) in [5.41, 5.74) is 1.94. The summed E-state index contributed by atoms with van der Waals surface area (Å²) in [7, 11) is 0. The number of hydrogen-bond donors (Lipinski definition) is 1. The van der Waals surface area contributed by atoms with Gasteiger partial charge in [0.25, 0.3) is 0 Å². The molecule has 0 radical (unpaired) electrons. The molecule has 1 N–H and O–H groups in total. The Kier molecular flexibility index (Phi) is 3.35. The molecule has 20 heavy (non-hydrogen) atoms. The van der Waals surface area contributed by atoms with Gasteiger partial charge in [0, 0.05) is 18.0 Å². The van der Waals surface area contributed by atoms with E-state index in [0.717, 1.165) is 11.8 Å². The first-order valence-corrected chi connectivity index (χ1v) is 6.58. The van der Waals surface area contributed by atoms with Crippen molar-refractivity contribution in [3.05, 3.63) is 58.7 Å². The predicted octanol–water partition coefficient (Wildman–Crippen LogP) is 3.38. The van der Waals surface area contributed by atoms with Crippen LogP contribution in [0.2, 0.25) is 0 Å². The lowest BCUT2D eigenvalue weighted by Gasteiger charge is -2.07. The zero-order valence-corrected chi connectivity index (χ0v) is 11.7. The lowest BCUT2D eigenvalue weighted by molar-refractivity contribution is 0.584. The van der Waals surface area contributed by atoms with E-state index in [1.807, 2.05) is 4.40 Å². The van der Waals surface area contributed by atoms with Crippen molar-refractivity contribution in [2.45, 2.75) is 6.54 Å². The summed E-state index contributed by atoms with van der Waals surface area (Å²) in [5, 5.41) is 2.96. The highest BCUT2D eigenvalue weighted by molar-refractivity contribution is 9.10. The van der Waals surface area contributed by atoms with Gasteiger partial charge in [-0.05, 0) is 28.1 Å². The van der Waals surface area contributed by atoms with Gasteiger partial charge in [-0.2, -0.15) is 0 Å². The third-order valence-corrected chi connectivity index (χ3v) is 3.19. The average molecular weight is 339 g/mol. The number of nitrogens with zero attached hydrogens (tertiary/aromatic N) is 3. The van der Waals surface area contributed by atoms with E-state index in [1.165, 1.54) is 12.1 Å². The van der Waals surface area contributed by atoms with Crippen molar-refractivity contribution in [2.24, 2.45) is 0 Å². The van der Waals surface area contributed by atoms with Crippen LogP contribution in [0.3, 0.4) is 0 Å². The van der Waals surface area contributed by atoms with Gasteiger partial charge < -0.3 is 5.32 Å². The Hall–Kier alpha value is -2.02. The second kappa shape index (κ2) is 5.16. The van der Waals surface area contributed by atoms with Crippen molar-refractivity contribution < 1.29 is 8.78 Å². The number of aromatic nitrogens is 3. The molecule has 3 aromatic rings. The highest BCUT2D eigenvalue weighted by Gasteiger charge is 2.05. The fraction of sp³-hybridized carbons (Fsp3) is 0.0769. The first kappa shape index (κ1) is 13.0. The van der Waals surface area contributed by atoms with Crippen molar-refractivity contribution in [1.82, 2.24) is 14.4 Å². The van der Waals surface area contributed by atoms with E-state index >= 15 is 0 Å². The maximum atomic E-state index is 13.1. The summed E-state index contributed by atoms with van der Waals surface area (Å²) in [5.74, 6) is -1.23. The molecule has 0 atom stereocenters. The number of benzene rings is 1. The summed E-state index contributed by atoms with van der Waals surface area (Å²) < 4.78 is 28.7.